The summed E-state index contributed by atoms with van der Waals surface area (Å²) in [5.74, 6) is -0.439. The van der Waals surface area contributed by atoms with Crippen molar-refractivity contribution in [3.63, 3.8) is 0 Å². The van der Waals surface area contributed by atoms with E-state index in [1.807, 2.05) is 4.90 Å². The van der Waals surface area contributed by atoms with Gasteiger partial charge in [-0.15, -0.1) is 0 Å². The number of morpholine rings is 1. The minimum Gasteiger partial charge on any atom is -0.379 e. The lowest BCUT2D eigenvalue weighted by molar-refractivity contribution is -0.131. The fraction of sp³-hybridized carbons (Fsp3) is 0.619. The summed E-state index contributed by atoms with van der Waals surface area (Å²) >= 11 is 0. The minimum atomic E-state index is -0.366. The van der Waals surface area contributed by atoms with Crippen molar-refractivity contribution >= 4 is 11.8 Å². The van der Waals surface area contributed by atoms with E-state index in [0.29, 0.717) is 38.2 Å². The van der Waals surface area contributed by atoms with E-state index in [0.717, 1.165) is 52.4 Å². The maximum Gasteiger partial charge on any atom is 0.253 e. The normalized spacial score (nSPS) is 17.9. The van der Waals surface area contributed by atoms with Gasteiger partial charge in [0.15, 0.2) is 0 Å². The molecule has 2 aliphatic heterocycles. The number of halogens is 1. The molecule has 0 saturated carbocycles. The number of rotatable bonds is 8. The number of hydrogen-bond acceptors (Lipinski definition) is 5. The van der Waals surface area contributed by atoms with Crippen LogP contribution < -0.4 is 5.32 Å². The first-order chi connectivity index (χ1) is 14.1. The zero-order valence-electron chi connectivity index (χ0n) is 16.9. The number of amides is 2. The second-order valence-electron chi connectivity index (χ2n) is 7.49. The lowest BCUT2D eigenvalue weighted by Gasteiger charge is -2.30. The molecule has 0 bridgehead atoms. The zero-order valence-corrected chi connectivity index (χ0v) is 16.9. The predicted octanol–water partition coefficient (Wildman–Crippen LogP) is 0.812. The molecular weight excluding hydrogens is 375 g/mol. The van der Waals surface area contributed by atoms with Gasteiger partial charge < -0.3 is 19.9 Å². The maximum absolute atomic E-state index is 13.2. The van der Waals surface area contributed by atoms with Crippen LogP contribution >= 0.6 is 0 Å². The van der Waals surface area contributed by atoms with E-state index >= 15 is 0 Å². The molecule has 1 N–H and O–H groups in total. The molecule has 2 fully saturated rings. The van der Waals surface area contributed by atoms with Crippen molar-refractivity contribution < 1.29 is 18.7 Å². The van der Waals surface area contributed by atoms with Crippen molar-refractivity contribution in [1.82, 2.24) is 20.0 Å². The first kappa shape index (κ1) is 21.7. The van der Waals surface area contributed by atoms with E-state index in [1.54, 1.807) is 4.90 Å². The highest BCUT2D eigenvalue weighted by molar-refractivity contribution is 5.94. The standard InChI is InChI=1S/C21H31FN4O3/c22-19-4-2-18(3-5-19)21(28)26(10-1-9-24-14-16-29-17-15-24)11-6-20(27)25-12-7-23-8-13-25/h2-5,23H,1,6-17H2. The molecule has 1 aromatic carbocycles. The van der Waals surface area contributed by atoms with Crippen LogP contribution in [0.25, 0.3) is 0 Å². The monoisotopic (exact) mass is 406 g/mol. The first-order valence-corrected chi connectivity index (χ1v) is 10.5. The van der Waals surface area contributed by atoms with Gasteiger partial charge in [-0.3, -0.25) is 14.5 Å². The Morgan fingerprint density at radius 2 is 1.72 bits per heavy atom. The number of carbonyl (C=O) groups excluding carboxylic acids is 2. The van der Waals surface area contributed by atoms with Crippen LogP contribution in [0.5, 0.6) is 0 Å². The summed E-state index contributed by atoms with van der Waals surface area (Å²) in [5.41, 5.74) is 0.451. The van der Waals surface area contributed by atoms with Crippen LogP contribution in [0.1, 0.15) is 23.2 Å². The summed E-state index contributed by atoms with van der Waals surface area (Å²) in [7, 11) is 0. The third kappa shape index (κ3) is 6.76. The molecule has 29 heavy (non-hydrogen) atoms. The Labute approximate surface area is 171 Å². The van der Waals surface area contributed by atoms with Crippen LogP contribution in [0, 0.1) is 5.82 Å². The van der Waals surface area contributed by atoms with E-state index in [9.17, 15) is 14.0 Å². The third-order valence-corrected chi connectivity index (χ3v) is 5.45. The Morgan fingerprint density at radius 1 is 1.03 bits per heavy atom. The number of piperazine rings is 1. The largest absolute Gasteiger partial charge is 0.379 e. The van der Waals surface area contributed by atoms with Gasteiger partial charge in [0.25, 0.3) is 5.91 Å². The van der Waals surface area contributed by atoms with Gasteiger partial charge in [-0.25, -0.2) is 4.39 Å². The van der Waals surface area contributed by atoms with Gasteiger partial charge >= 0.3 is 0 Å². The van der Waals surface area contributed by atoms with Gasteiger partial charge in [0, 0.05) is 70.9 Å². The Hall–Kier alpha value is -2.03. The Kier molecular flexibility index (Phi) is 8.39. The van der Waals surface area contributed by atoms with Crippen LogP contribution in [0.15, 0.2) is 24.3 Å². The molecule has 7 nitrogen and oxygen atoms in total. The molecule has 0 aliphatic carbocycles. The number of hydrogen-bond donors (Lipinski definition) is 1. The fourth-order valence-electron chi connectivity index (χ4n) is 3.70. The molecule has 2 aliphatic rings. The van der Waals surface area contributed by atoms with E-state index in [1.165, 1.54) is 24.3 Å². The molecule has 1 aromatic rings. The van der Waals surface area contributed by atoms with E-state index in [-0.39, 0.29) is 17.6 Å². The lowest BCUT2D eigenvalue weighted by Crippen LogP contribution is -2.47. The number of ether oxygens (including phenoxy) is 1. The summed E-state index contributed by atoms with van der Waals surface area (Å²) in [6.07, 6.45) is 1.14. The molecule has 0 spiro atoms. The predicted molar refractivity (Wildman–Crippen MR) is 108 cm³/mol. The minimum absolute atomic E-state index is 0.0802. The second kappa shape index (κ2) is 11.2. The average molecular weight is 407 g/mol. The molecule has 2 saturated heterocycles. The molecule has 0 radical (unpaired) electrons. The fourth-order valence-corrected chi connectivity index (χ4v) is 3.70. The van der Waals surface area contributed by atoms with E-state index < -0.39 is 0 Å². The van der Waals surface area contributed by atoms with Crippen molar-refractivity contribution in [2.24, 2.45) is 0 Å². The summed E-state index contributed by atoms with van der Waals surface area (Å²) < 4.78 is 18.6. The lowest BCUT2D eigenvalue weighted by atomic mass is 10.1. The Morgan fingerprint density at radius 3 is 2.41 bits per heavy atom. The van der Waals surface area contributed by atoms with E-state index in [4.69, 9.17) is 4.74 Å². The average Bonchev–Trinajstić information content (AvgIpc) is 2.77. The van der Waals surface area contributed by atoms with E-state index in [2.05, 4.69) is 10.2 Å². The number of nitrogens with one attached hydrogen (secondary N) is 1. The van der Waals surface area contributed by atoms with Crippen molar-refractivity contribution in [2.45, 2.75) is 12.8 Å². The van der Waals surface area contributed by atoms with Gasteiger partial charge in [-0.1, -0.05) is 0 Å². The van der Waals surface area contributed by atoms with Crippen molar-refractivity contribution in [2.75, 3.05) is 72.1 Å². The molecular formula is C21H31FN4O3. The molecule has 2 heterocycles. The Balaban J connectivity index is 1.56. The van der Waals surface area contributed by atoms with Crippen LogP contribution in [0.4, 0.5) is 4.39 Å². The highest BCUT2D eigenvalue weighted by Crippen LogP contribution is 2.10. The number of benzene rings is 1. The van der Waals surface area contributed by atoms with Crippen LogP contribution in [0.2, 0.25) is 0 Å². The molecule has 8 heteroatoms. The topological polar surface area (TPSA) is 65.1 Å². The molecule has 3 rings (SSSR count). The van der Waals surface area contributed by atoms with Gasteiger partial charge in [-0.05, 0) is 30.7 Å². The van der Waals surface area contributed by atoms with Crippen molar-refractivity contribution in [3.05, 3.63) is 35.6 Å². The smallest absolute Gasteiger partial charge is 0.253 e. The molecule has 0 aromatic heterocycles. The summed E-state index contributed by atoms with van der Waals surface area (Å²) in [6, 6.07) is 5.60. The summed E-state index contributed by atoms with van der Waals surface area (Å²) in [5, 5.41) is 3.24. The zero-order chi connectivity index (χ0) is 20.5. The SMILES string of the molecule is O=C(CCN(CCCN1CCOCC1)C(=O)c1ccc(F)cc1)N1CCNCC1. The van der Waals surface area contributed by atoms with Crippen LogP contribution in [0.3, 0.4) is 0 Å². The molecule has 0 atom stereocenters. The maximum atomic E-state index is 13.2. The number of carbonyl (C=O) groups is 2. The van der Waals surface area contributed by atoms with Gasteiger partial charge in [-0.2, -0.15) is 0 Å². The van der Waals surface area contributed by atoms with Gasteiger partial charge in [0.2, 0.25) is 5.91 Å². The second-order valence-corrected chi connectivity index (χ2v) is 7.49. The number of nitrogens with zero attached hydrogens (tertiary/aromatic N) is 3. The van der Waals surface area contributed by atoms with Crippen LogP contribution in [-0.2, 0) is 9.53 Å². The molecule has 160 valence electrons. The van der Waals surface area contributed by atoms with Crippen molar-refractivity contribution in [3.8, 4) is 0 Å². The van der Waals surface area contributed by atoms with Gasteiger partial charge in [0.05, 0.1) is 13.2 Å². The molecule has 0 unspecified atom stereocenters. The first-order valence-electron chi connectivity index (χ1n) is 10.5. The highest BCUT2D eigenvalue weighted by Gasteiger charge is 2.21. The quantitative estimate of drug-likeness (QED) is 0.692. The Bertz CT molecular complexity index is 658. The molecule has 2 amide bonds. The summed E-state index contributed by atoms with van der Waals surface area (Å²) in [6.45, 7) is 8.19. The highest BCUT2D eigenvalue weighted by atomic mass is 19.1. The van der Waals surface area contributed by atoms with Gasteiger partial charge in [0.1, 0.15) is 5.82 Å². The summed E-state index contributed by atoms with van der Waals surface area (Å²) in [4.78, 5) is 31.4. The van der Waals surface area contributed by atoms with Crippen LogP contribution in [-0.4, -0.2) is 98.6 Å². The van der Waals surface area contributed by atoms with Crippen molar-refractivity contribution in [1.29, 1.82) is 0 Å². The third-order valence-electron chi connectivity index (χ3n) is 5.45.